The molecule has 2 heterocycles. The van der Waals surface area contributed by atoms with Gasteiger partial charge in [-0.25, -0.2) is 4.98 Å². The standard InChI is InChI=1S/C16H20N2OS.ClH/c1-13-12-16(17-15-5-3-2-4-14(13)15)20-11-8-18-6-9-19-10-7-18;/h2-5,12H,6-11H2,1H3;1H. The zero-order valence-corrected chi connectivity index (χ0v) is 13.9. The van der Waals surface area contributed by atoms with E-state index in [1.54, 1.807) is 0 Å². The van der Waals surface area contributed by atoms with Gasteiger partial charge in [-0.15, -0.1) is 24.2 Å². The number of morpholine rings is 1. The van der Waals surface area contributed by atoms with E-state index in [1.165, 1.54) is 10.9 Å². The third-order valence-electron chi connectivity index (χ3n) is 3.66. The first-order chi connectivity index (χ1) is 9.83. The van der Waals surface area contributed by atoms with E-state index in [0.717, 1.165) is 49.1 Å². The molecule has 1 saturated heterocycles. The van der Waals surface area contributed by atoms with Crippen LogP contribution in [0.3, 0.4) is 0 Å². The van der Waals surface area contributed by atoms with E-state index in [4.69, 9.17) is 9.72 Å². The van der Waals surface area contributed by atoms with E-state index in [9.17, 15) is 0 Å². The molecule has 1 aliphatic rings. The smallest absolute Gasteiger partial charge is 0.0970 e. The van der Waals surface area contributed by atoms with E-state index >= 15 is 0 Å². The number of nitrogens with zero attached hydrogens (tertiary/aromatic N) is 2. The lowest BCUT2D eigenvalue weighted by Gasteiger charge is -2.26. The van der Waals surface area contributed by atoms with E-state index < -0.39 is 0 Å². The lowest BCUT2D eigenvalue weighted by molar-refractivity contribution is 0.0410. The number of hydrogen-bond acceptors (Lipinski definition) is 4. The van der Waals surface area contributed by atoms with Crippen molar-refractivity contribution in [2.75, 3.05) is 38.6 Å². The maximum Gasteiger partial charge on any atom is 0.0970 e. The quantitative estimate of drug-likeness (QED) is 0.805. The summed E-state index contributed by atoms with van der Waals surface area (Å²) < 4.78 is 5.37. The molecule has 0 aliphatic carbocycles. The van der Waals surface area contributed by atoms with Gasteiger partial charge in [0.25, 0.3) is 0 Å². The second-order valence-corrected chi connectivity index (χ2v) is 6.21. The zero-order valence-electron chi connectivity index (χ0n) is 12.2. The topological polar surface area (TPSA) is 25.4 Å². The Hall–Kier alpha value is -0.810. The van der Waals surface area contributed by atoms with Crippen LogP contribution >= 0.6 is 24.2 Å². The summed E-state index contributed by atoms with van der Waals surface area (Å²) in [5, 5.41) is 2.39. The molecule has 0 atom stereocenters. The van der Waals surface area contributed by atoms with Crippen LogP contribution in [0.1, 0.15) is 5.56 Å². The summed E-state index contributed by atoms with van der Waals surface area (Å²) >= 11 is 1.85. The fourth-order valence-electron chi connectivity index (χ4n) is 2.50. The highest BCUT2D eigenvalue weighted by Crippen LogP contribution is 2.23. The van der Waals surface area contributed by atoms with Gasteiger partial charge in [0.05, 0.1) is 23.8 Å². The molecule has 3 rings (SSSR count). The number of aromatic nitrogens is 1. The molecule has 0 bridgehead atoms. The number of rotatable bonds is 4. The van der Waals surface area contributed by atoms with E-state index in [1.807, 2.05) is 11.8 Å². The van der Waals surface area contributed by atoms with Gasteiger partial charge in [-0.3, -0.25) is 4.90 Å². The van der Waals surface area contributed by atoms with E-state index in [-0.39, 0.29) is 12.4 Å². The molecular weight excluding hydrogens is 304 g/mol. The fourth-order valence-corrected chi connectivity index (χ4v) is 3.48. The molecule has 114 valence electrons. The van der Waals surface area contributed by atoms with Crippen LogP contribution in [0.15, 0.2) is 35.4 Å². The maximum atomic E-state index is 5.37. The highest BCUT2D eigenvalue weighted by molar-refractivity contribution is 7.99. The lowest BCUT2D eigenvalue weighted by atomic mass is 10.1. The molecule has 1 aliphatic heterocycles. The van der Waals surface area contributed by atoms with Crippen LogP contribution in [0.5, 0.6) is 0 Å². The fraction of sp³-hybridized carbons (Fsp3) is 0.438. The van der Waals surface area contributed by atoms with Crippen molar-refractivity contribution in [2.24, 2.45) is 0 Å². The molecule has 1 fully saturated rings. The molecule has 0 unspecified atom stereocenters. The number of hydrogen-bond donors (Lipinski definition) is 0. The summed E-state index contributed by atoms with van der Waals surface area (Å²) in [6.45, 7) is 7.14. The van der Waals surface area contributed by atoms with Crippen molar-refractivity contribution in [3.63, 3.8) is 0 Å². The average molecular weight is 325 g/mol. The van der Waals surface area contributed by atoms with Gasteiger partial charge in [0.15, 0.2) is 0 Å². The minimum Gasteiger partial charge on any atom is -0.379 e. The molecule has 1 aromatic carbocycles. The van der Waals surface area contributed by atoms with Crippen LogP contribution in [0.4, 0.5) is 0 Å². The second-order valence-electron chi connectivity index (χ2n) is 5.10. The van der Waals surface area contributed by atoms with Gasteiger partial charge in [-0.2, -0.15) is 0 Å². The Kier molecular flexibility index (Phi) is 6.30. The molecule has 0 saturated carbocycles. The number of pyridine rings is 1. The Morgan fingerprint density at radius 1 is 1.24 bits per heavy atom. The van der Waals surface area contributed by atoms with Crippen LogP contribution in [-0.2, 0) is 4.74 Å². The predicted molar refractivity (Wildman–Crippen MR) is 91.7 cm³/mol. The zero-order chi connectivity index (χ0) is 13.8. The summed E-state index contributed by atoms with van der Waals surface area (Å²) in [7, 11) is 0. The first kappa shape index (κ1) is 16.6. The van der Waals surface area contributed by atoms with Crippen molar-refractivity contribution in [2.45, 2.75) is 11.9 Å². The van der Waals surface area contributed by atoms with Crippen LogP contribution in [0.2, 0.25) is 0 Å². The highest BCUT2D eigenvalue weighted by Gasteiger charge is 2.10. The van der Waals surface area contributed by atoms with Crippen molar-refractivity contribution < 1.29 is 4.74 Å². The predicted octanol–water partition coefficient (Wildman–Crippen LogP) is 3.39. The summed E-state index contributed by atoms with van der Waals surface area (Å²) in [5.74, 6) is 1.09. The van der Waals surface area contributed by atoms with E-state index in [0.29, 0.717) is 0 Å². The normalized spacial score (nSPS) is 15.9. The lowest BCUT2D eigenvalue weighted by Crippen LogP contribution is -2.37. The van der Waals surface area contributed by atoms with Crippen molar-refractivity contribution in [3.8, 4) is 0 Å². The van der Waals surface area contributed by atoms with Gasteiger partial charge >= 0.3 is 0 Å². The number of aryl methyl sites for hydroxylation is 1. The minimum absolute atomic E-state index is 0. The summed E-state index contributed by atoms with van der Waals surface area (Å²) in [6, 6.07) is 10.6. The molecule has 0 N–H and O–H groups in total. The van der Waals surface area contributed by atoms with Gasteiger partial charge < -0.3 is 4.74 Å². The van der Waals surface area contributed by atoms with Gasteiger partial charge in [-0.1, -0.05) is 18.2 Å². The molecule has 2 aromatic rings. The Morgan fingerprint density at radius 2 is 2.00 bits per heavy atom. The number of fused-ring (bicyclic) bond motifs is 1. The van der Waals surface area contributed by atoms with E-state index in [2.05, 4.69) is 42.2 Å². The van der Waals surface area contributed by atoms with Crippen molar-refractivity contribution in [3.05, 3.63) is 35.9 Å². The number of benzene rings is 1. The van der Waals surface area contributed by atoms with Crippen LogP contribution in [0.25, 0.3) is 10.9 Å². The molecule has 21 heavy (non-hydrogen) atoms. The number of halogens is 1. The summed E-state index contributed by atoms with van der Waals surface area (Å²) in [5.41, 5.74) is 2.41. The monoisotopic (exact) mass is 324 g/mol. The van der Waals surface area contributed by atoms with Crippen molar-refractivity contribution in [1.82, 2.24) is 9.88 Å². The van der Waals surface area contributed by atoms with Crippen molar-refractivity contribution >= 4 is 35.1 Å². The third-order valence-corrected chi connectivity index (χ3v) is 4.55. The van der Waals surface area contributed by atoms with Crippen LogP contribution in [-0.4, -0.2) is 48.5 Å². The number of ether oxygens (including phenoxy) is 1. The Bertz CT molecular complexity index is 587. The molecular formula is C16H21ClN2OS. The number of thioether (sulfide) groups is 1. The third kappa shape index (κ3) is 4.33. The number of para-hydroxylation sites is 1. The van der Waals surface area contributed by atoms with Gasteiger partial charge in [-0.05, 0) is 24.6 Å². The Balaban J connectivity index is 0.00000161. The molecule has 1 aromatic heterocycles. The SMILES string of the molecule is Cc1cc(SCCN2CCOCC2)nc2ccccc12.Cl. The van der Waals surface area contributed by atoms with Gasteiger partial charge in [0, 0.05) is 30.8 Å². The van der Waals surface area contributed by atoms with Gasteiger partial charge in [0.2, 0.25) is 0 Å². The van der Waals surface area contributed by atoms with Crippen LogP contribution in [0, 0.1) is 6.92 Å². The molecule has 0 amide bonds. The Morgan fingerprint density at radius 3 is 2.81 bits per heavy atom. The molecule has 0 radical (unpaired) electrons. The summed E-state index contributed by atoms with van der Waals surface area (Å²) in [4.78, 5) is 7.20. The van der Waals surface area contributed by atoms with Crippen molar-refractivity contribution in [1.29, 1.82) is 0 Å². The minimum atomic E-state index is 0. The molecule has 0 spiro atoms. The Labute approximate surface area is 136 Å². The molecule has 5 heteroatoms. The first-order valence-corrected chi connectivity index (χ1v) is 8.11. The highest BCUT2D eigenvalue weighted by atomic mass is 35.5. The summed E-state index contributed by atoms with van der Waals surface area (Å²) in [6.07, 6.45) is 0. The maximum absolute atomic E-state index is 5.37. The van der Waals surface area contributed by atoms with Gasteiger partial charge in [0.1, 0.15) is 0 Å². The largest absolute Gasteiger partial charge is 0.379 e. The average Bonchev–Trinajstić information content (AvgIpc) is 2.48. The first-order valence-electron chi connectivity index (χ1n) is 7.12. The second kappa shape index (κ2) is 7.99. The molecule has 3 nitrogen and oxygen atoms in total. The van der Waals surface area contributed by atoms with Crippen LogP contribution < -0.4 is 0 Å².